The van der Waals surface area contributed by atoms with Crippen molar-refractivity contribution in [2.75, 3.05) is 7.11 Å². The van der Waals surface area contributed by atoms with Gasteiger partial charge in [-0.3, -0.25) is 9.79 Å². The van der Waals surface area contributed by atoms with E-state index in [0.29, 0.717) is 16.8 Å². The lowest BCUT2D eigenvalue weighted by molar-refractivity contribution is 0.0600. The Kier molecular flexibility index (Phi) is 3.59. The molecule has 0 saturated carbocycles. The quantitative estimate of drug-likeness (QED) is 0.796. The maximum atomic E-state index is 12.7. The fourth-order valence-corrected chi connectivity index (χ4v) is 2.70. The van der Waals surface area contributed by atoms with E-state index in [2.05, 4.69) is 9.73 Å². The Morgan fingerprint density at radius 2 is 1.77 bits per heavy atom. The molecule has 3 rings (SSSR count). The molecule has 0 radical (unpaired) electrons. The highest BCUT2D eigenvalue weighted by Crippen LogP contribution is 2.33. The van der Waals surface area contributed by atoms with Crippen LogP contribution in [0.25, 0.3) is 0 Å². The minimum atomic E-state index is -0.401. The molecule has 2 aromatic carbocycles. The molecule has 0 saturated heterocycles. The molecule has 0 amide bonds. The van der Waals surface area contributed by atoms with Gasteiger partial charge >= 0.3 is 5.97 Å². The van der Waals surface area contributed by atoms with Crippen molar-refractivity contribution in [3.63, 3.8) is 0 Å². The first-order valence-corrected chi connectivity index (χ1v) is 6.98. The molecule has 110 valence electrons. The van der Waals surface area contributed by atoms with Crippen LogP contribution >= 0.6 is 0 Å². The van der Waals surface area contributed by atoms with Gasteiger partial charge in [-0.2, -0.15) is 0 Å². The van der Waals surface area contributed by atoms with Crippen molar-refractivity contribution in [2.45, 2.75) is 12.8 Å². The fourth-order valence-electron chi connectivity index (χ4n) is 2.70. The zero-order valence-corrected chi connectivity index (χ0v) is 12.4. The van der Waals surface area contributed by atoms with Gasteiger partial charge in [0.2, 0.25) is 0 Å². The Hall–Kier alpha value is -2.75. The van der Waals surface area contributed by atoms with E-state index in [1.54, 1.807) is 30.3 Å². The first-order chi connectivity index (χ1) is 10.6. The fraction of sp³-hybridized carbons (Fsp3) is 0.167. The van der Waals surface area contributed by atoms with E-state index in [1.165, 1.54) is 7.11 Å². The summed E-state index contributed by atoms with van der Waals surface area (Å²) < 4.78 is 4.68. The number of fused-ring (bicyclic) bond motifs is 1. The van der Waals surface area contributed by atoms with E-state index in [0.717, 1.165) is 11.3 Å². The van der Waals surface area contributed by atoms with Crippen LogP contribution in [0.2, 0.25) is 0 Å². The second kappa shape index (κ2) is 5.56. The molecule has 22 heavy (non-hydrogen) atoms. The third-order valence-corrected chi connectivity index (χ3v) is 3.81. The van der Waals surface area contributed by atoms with Crippen LogP contribution in [0, 0.1) is 0 Å². The van der Waals surface area contributed by atoms with Crippen LogP contribution in [-0.2, 0) is 4.74 Å². The molecule has 2 aromatic rings. The summed E-state index contributed by atoms with van der Waals surface area (Å²) in [4.78, 5) is 28.7. The smallest absolute Gasteiger partial charge is 0.337 e. The number of hydrogen-bond donors (Lipinski definition) is 0. The summed E-state index contributed by atoms with van der Waals surface area (Å²) in [5.74, 6) is -0.757. The Morgan fingerprint density at radius 3 is 2.45 bits per heavy atom. The summed E-state index contributed by atoms with van der Waals surface area (Å²) in [6.45, 7) is 1.85. The minimum absolute atomic E-state index is 0.0360. The van der Waals surface area contributed by atoms with Gasteiger partial charge in [-0.25, -0.2) is 4.79 Å². The molecule has 0 bridgehead atoms. The molecule has 4 nitrogen and oxygen atoms in total. The van der Waals surface area contributed by atoms with E-state index >= 15 is 0 Å². The molecule has 0 fully saturated rings. The zero-order chi connectivity index (χ0) is 15.7. The highest BCUT2D eigenvalue weighted by atomic mass is 16.5. The first kappa shape index (κ1) is 14.2. The Balaban J connectivity index is 1.99. The van der Waals surface area contributed by atoms with Crippen LogP contribution in [0.4, 0.5) is 5.69 Å². The van der Waals surface area contributed by atoms with Gasteiger partial charge in [0, 0.05) is 11.3 Å². The summed E-state index contributed by atoms with van der Waals surface area (Å²) >= 11 is 0. The number of carbonyl (C=O) groups is 2. The molecule has 1 heterocycles. The predicted molar refractivity (Wildman–Crippen MR) is 84.1 cm³/mol. The third kappa shape index (κ3) is 2.33. The third-order valence-electron chi connectivity index (χ3n) is 3.81. The van der Waals surface area contributed by atoms with Crippen molar-refractivity contribution in [3.05, 3.63) is 65.2 Å². The molecular formula is C18H15NO3. The summed E-state index contributed by atoms with van der Waals surface area (Å²) in [5, 5.41) is 0. The van der Waals surface area contributed by atoms with Crippen molar-refractivity contribution in [2.24, 2.45) is 4.99 Å². The molecule has 0 aliphatic carbocycles. The van der Waals surface area contributed by atoms with Gasteiger partial charge in [0.15, 0.2) is 5.78 Å². The van der Waals surface area contributed by atoms with Crippen LogP contribution in [0.15, 0.2) is 53.5 Å². The Morgan fingerprint density at radius 1 is 1.09 bits per heavy atom. The maximum absolute atomic E-state index is 12.7. The largest absolute Gasteiger partial charge is 0.465 e. The lowest BCUT2D eigenvalue weighted by Crippen LogP contribution is -2.23. The standard InChI is InChI=1S/C18H15NO3/c1-11-16(12-7-9-13(10-8-12)18(21)22-2)17(20)14-5-3-4-6-15(14)19-11/h3-10,16H,1-2H3. The SMILES string of the molecule is COC(=O)c1ccc(C2C(=O)c3ccccc3N=C2C)cc1. The zero-order valence-electron chi connectivity index (χ0n) is 12.4. The number of ketones is 1. The van der Waals surface area contributed by atoms with Gasteiger partial charge in [-0.15, -0.1) is 0 Å². The summed E-state index contributed by atoms with van der Waals surface area (Å²) in [5.41, 5.74) is 3.40. The number of methoxy groups -OCH3 is 1. The number of esters is 1. The van der Waals surface area contributed by atoms with Crippen LogP contribution in [0.3, 0.4) is 0 Å². The van der Waals surface area contributed by atoms with E-state index in [-0.39, 0.29) is 5.78 Å². The number of nitrogens with zero attached hydrogens (tertiary/aromatic N) is 1. The van der Waals surface area contributed by atoms with Crippen LogP contribution in [-0.4, -0.2) is 24.6 Å². The summed E-state index contributed by atoms with van der Waals surface area (Å²) in [6, 6.07) is 14.2. The highest BCUT2D eigenvalue weighted by molar-refractivity contribution is 6.21. The van der Waals surface area contributed by atoms with Gasteiger partial charge < -0.3 is 4.74 Å². The van der Waals surface area contributed by atoms with Crippen molar-refractivity contribution >= 4 is 23.2 Å². The number of hydrogen-bond acceptors (Lipinski definition) is 4. The van der Waals surface area contributed by atoms with Gasteiger partial charge in [0.1, 0.15) is 0 Å². The molecule has 0 aromatic heterocycles. The number of carbonyl (C=O) groups excluding carboxylic acids is 2. The molecule has 4 heteroatoms. The number of benzene rings is 2. The monoisotopic (exact) mass is 293 g/mol. The minimum Gasteiger partial charge on any atom is -0.465 e. The summed E-state index contributed by atoms with van der Waals surface area (Å²) in [6.07, 6.45) is 0. The maximum Gasteiger partial charge on any atom is 0.337 e. The highest BCUT2D eigenvalue weighted by Gasteiger charge is 2.30. The number of ether oxygens (including phenoxy) is 1. The molecule has 1 atom stereocenters. The van der Waals surface area contributed by atoms with Crippen LogP contribution in [0.1, 0.15) is 39.1 Å². The van der Waals surface area contributed by atoms with E-state index in [4.69, 9.17) is 0 Å². The number of rotatable bonds is 2. The van der Waals surface area contributed by atoms with Gasteiger partial charge in [0.25, 0.3) is 0 Å². The molecular weight excluding hydrogens is 278 g/mol. The van der Waals surface area contributed by atoms with Crippen LogP contribution in [0.5, 0.6) is 0 Å². The Bertz CT molecular complexity index is 775. The average Bonchev–Trinajstić information content (AvgIpc) is 2.55. The first-order valence-electron chi connectivity index (χ1n) is 6.98. The molecule has 0 spiro atoms. The normalized spacial score (nSPS) is 16.7. The molecule has 1 unspecified atom stereocenters. The second-order valence-electron chi connectivity index (χ2n) is 5.18. The van der Waals surface area contributed by atoms with Crippen LogP contribution < -0.4 is 0 Å². The van der Waals surface area contributed by atoms with Gasteiger partial charge in [-0.1, -0.05) is 24.3 Å². The number of para-hydroxylation sites is 1. The van der Waals surface area contributed by atoms with E-state index in [9.17, 15) is 9.59 Å². The van der Waals surface area contributed by atoms with Crippen molar-refractivity contribution in [1.29, 1.82) is 0 Å². The number of aliphatic imine (C=N–C) groups is 1. The molecule has 1 aliphatic rings. The Labute approximate surface area is 128 Å². The van der Waals surface area contributed by atoms with Gasteiger partial charge in [-0.05, 0) is 36.8 Å². The second-order valence-corrected chi connectivity index (χ2v) is 5.18. The van der Waals surface area contributed by atoms with Crippen molar-refractivity contribution < 1.29 is 14.3 Å². The predicted octanol–water partition coefficient (Wildman–Crippen LogP) is 3.55. The topological polar surface area (TPSA) is 55.7 Å². The average molecular weight is 293 g/mol. The number of Topliss-reactive ketones (excluding diaryl/α,β-unsaturated/α-hetero) is 1. The lowest BCUT2D eigenvalue weighted by Gasteiger charge is -2.22. The van der Waals surface area contributed by atoms with Gasteiger partial charge in [0.05, 0.1) is 24.3 Å². The van der Waals surface area contributed by atoms with E-state index < -0.39 is 11.9 Å². The summed E-state index contributed by atoms with van der Waals surface area (Å²) in [7, 11) is 1.34. The van der Waals surface area contributed by atoms with Crippen molar-refractivity contribution in [1.82, 2.24) is 0 Å². The van der Waals surface area contributed by atoms with Crippen molar-refractivity contribution in [3.8, 4) is 0 Å². The molecule has 1 aliphatic heterocycles. The molecule has 0 N–H and O–H groups in total. The van der Waals surface area contributed by atoms with E-state index in [1.807, 2.05) is 25.1 Å². The lowest BCUT2D eigenvalue weighted by atomic mass is 9.84.